The van der Waals surface area contributed by atoms with Crippen LogP contribution in [-0.4, -0.2) is 53.7 Å². The molecule has 3 rings (SSSR count). The van der Waals surface area contributed by atoms with Crippen molar-refractivity contribution in [3.8, 4) is 0 Å². The molecule has 6 heteroatoms. The van der Waals surface area contributed by atoms with E-state index in [4.69, 9.17) is 0 Å². The van der Waals surface area contributed by atoms with Gasteiger partial charge in [0.25, 0.3) is 5.91 Å². The summed E-state index contributed by atoms with van der Waals surface area (Å²) in [6.07, 6.45) is 0. The Morgan fingerprint density at radius 2 is 1.75 bits per heavy atom. The van der Waals surface area contributed by atoms with Crippen LogP contribution in [0.5, 0.6) is 0 Å². The molecule has 1 aliphatic heterocycles. The Bertz CT molecular complexity index is 676. The van der Waals surface area contributed by atoms with Crippen molar-refractivity contribution in [2.75, 3.05) is 42.9 Å². The van der Waals surface area contributed by atoms with E-state index in [-0.39, 0.29) is 5.91 Å². The van der Waals surface area contributed by atoms with Crippen molar-refractivity contribution in [1.29, 1.82) is 0 Å². The molecule has 1 saturated heterocycles. The molecule has 0 radical (unpaired) electrons. The summed E-state index contributed by atoms with van der Waals surface area (Å²) in [4.78, 5) is 16.6. The van der Waals surface area contributed by atoms with Gasteiger partial charge in [-0.15, -0.1) is 10.2 Å². The second-order valence-electron chi connectivity index (χ2n) is 5.95. The summed E-state index contributed by atoms with van der Waals surface area (Å²) in [6, 6.07) is 11.7. The van der Waals surface area contributed by atoms with Crippen molar-refractivity contribution in [2.45, 2.75) is 13.8 Å². The van der Waals surface area contributed by atoms with Crippen LogP contribution in [0, 0.1) is 6.92 Å². The molecule has 0 spiro atoms. The number of piperazine rings is 1. The fourth-order valence-corrected chi connectivity index (χ4v) is 2.79. The number of benzene rings is 1. The van der Waals surface area contributed by atoms with Crippen LogP contribution in [0.3, 0.4) is 0 Å². The van der Waals surface area contributed by atoms with Crippen LogP contribution in [0.4, 0.5) is 11.6 Å². The van der Waals surface area contributed by atoms with E-state index >= 15 is 0 Å². The highest BCUT2D eigenvalue weighted by Gasteiger charge is 2.22. The Morgan fingerprint density at radius 3 is 2.33 bits per heavy atom. The molecular formula is C18H23N5O. The maximum absolute atomic E-state index is 12.5. The van der Waals surface area contributed by atoms with E-state index in [0.717, 1.165) is 42.4 Å². The molecule has 24 heavy (non-hydrogen) atoms. The number of nitrogens with zero attached hydrogens (tertiary/aromatic N) is 4. The molecular weight excluding hydrogens is 302 g/mol. The van der Waals surface area contributed by atoms with E-state index in [9.17, 15) is 4.79 Å². The van der Waals surface area contributed by atoms with Crippen molar-refractivity contribution in [1.82, 2.24) is 15.1 Å². The van der Waals surface area contributed by atoms with E-state index in [1.165, 1.54) is 0 Å². The predicted molar refractivity (Wildman–Crippen MR) is 95.5 cm³/mol. The highest BCUT2D eigenvalue weighted by Crippen LogP contribution is 2.16. The molecule has 2 heterocycles. The number of carbonyl (C=O) groups excluding carboxylic acids is 1. The topological polar surface area (TPSA) is 61.4 Å². The van der Waals surface area contributed by atoms with Gasteiger partial charge in [0.05, 0.1) is 0 Å². The lowest BCUT2D eigenvalue weighted by molar-refractivity contribution is 0.0746. The zero-order valence-corrected chi connectivity index (χ0v) is 14.2. The number of anilines is 2. The Balaban J connectivity index is 1.59. The van der Waals surface area contributed by atoms with Crippen LogP contribution in [-0.2, 0) is 0 Å². The fourth-order valence-electron chi connectivity index (χ4n) is 2.79. The van der Waals surface area contributed by atoms with Crippen molar-refractivity contribution >= 4 is 17.5 Å². The Labute approximate surface area is 142 Å². The van der Waals surface area contributed by atoms with Crippen LogP contribution < -0.4 is 10.2 Å². The van der Waals surface area contributed by atoms with Crippen LogP contribution in [0.2, 0.25) is 0 Å². The fraction of sp³-hybridized carbons (Fsp3) is 0.389. The van der Waals surface area contributed by atoms with Gasteiger partial charge in [0, 0.05) is 38.3 Å². The normalized spacial score (nSPS) is 14.6. The number of aryl methyl sites for hydroxylation is 1. The van der Waals surface area contributed by atoms with Gasteiger partial charge in [-0.25, -0.2) is 0 Å². The third-order valence-corrected chi connectivity index (χ3v) is 4.20. The van der Waals surface area contributed by atoms with Crippen molar-refractivity contribution in [3.05, 3.63) is 47.5 Å². The summed E-state index contributed by atoms with van der Waals surface area (Å²) < 4.78 is 0. The van der Waals surface area contributed by atoms with Gasteiger partial charge in [0.15, 0.2) is 5.82 Å². The smallest absolute Gasteiger partial charge is 0.253 e. The van der Waals surface area contributed by atoms with E-state index in [0.29, 0.717) is 13.1 Å². The molecule has 1 fully saturated rings. The predicted octanol–water partition coefficient (Wildman–Crippen LogP) is 2.18. The number of carbonyl (C=O) groups is 1. The summed E-state index contributed by atoms with van der Waals surface area (Å²) in [5.74, 6) is 1.75. The van der Waals surface area contributed by atoms with Gasteiger partial charge in [-0.1, -0.05) is 17.7 Å². The third kappa shape index (κ3) is 3.64. The summed E-state index contributed by atoms with van der Waals surface area (Å²) in [6.45, 7) is 7.81. The molecule has 2 aromatic rings. The molecule has 0 unspecified atom stereocenters. The average Bonchev–Trinajstić information content (AvgIpc) is 2.63. The average molecular weight is 325 g/mol. The van der Waals surface area contributed by atoms with Crippen molar-refractivity contribution < 1.29 is 4.79 Å². The molecule has 1 amide bonds. The van der Waals surface area contributed by atoms with Crippen molar-refractivity contribution in [2.24, 2.45) is 0 Å². The molecule has 1 aromatic carbocycles. The second-order valence-corrected chi connectivity index (χ2v) is 5.95. The molecule has 0 saturated carbocycles. The van der Waals surface area contributed by atoms with E-state index in [2.05, 4.69) is 20.4 Å². The molecule has 6 nitrogen and oxygen atoms in total. The first kappa shape index (κ1) is 16.2. The first-order valence-electron chi connectivity index (χ1n) is 8.36. The van der Waals surface area contributed by atoms with Gasteiger partial charge < -0.3 is 15.1 Å². The number of aromatic nitrogens is 2. The first-order chi connectivity index (χ1) is 11.7. The van der Waals surface area contributed by atoms with E-state index in [1.54, 1.807) is 0 Å². The number of rotatable bonds is 4. The zero-order valence-electron chi connectivity index (χ0n) is 14.2. The monoisotopic (exact) mass is 325 g/mol. The lowest BCUT2D eigenvalue weighted by Gasteiger charge is -2.35. The van der Waals surface area contributed by atoms with Gasteiger partial charge >= 0.3 is 0 Å². The number of hydrogen-bond donors (Lipinski definition) is 1. The van der Waals surface area contributed by atoms with Gasteiger partial charge in [-0.3, -0.25) is 4.79 Å². The van der Waals surface area contributed by atoms with E-state index in [1.807, 2.05) is 55.1 Å². The summed E-state index contributed by atoms with van der Waals surface area (Å²) in [7, 11) is 0. The first-order valence-corrected chi connectivity index (χ1v) is 8.36. The summed E-state index contributed by atoms with van der Waals surface area (Å²) in [5, 5.41) is 11.6. The Kier molecular flexibility index (Phi) is 4.93. The Morgan fingerprint density at radius 1 is 1.04 bits per heavy atom. The van der Waals surface area contributed by atoms with E-state index < -0.39 is 0 Å². The minimum Gasteiger partial charge on any atom is -0.369 e. The number of nitrogens with one attached hydrogen (secondary N) is 1. The maximum atomic E-state index is 12.5. The number of hydrogen-bond acceptors (Lipinski definition) is 5. The minimum absolute atomic E-state index is 0.100. The molecule has 1 aromatic heterocycles. The van der Waals surface area contributed by atoms with Crippen LogP contribution in [0.25, 0.3) is 0 Å². The molecule has 0 aliphatic carbocycles. The second kappa shape index (κ2) is 7.29. The molecule has 1 N–H and O–H groups in total. The molecule has 0 atom stereocenters. The quantitative estimate of drug-likeness (QED) is 0.933. The van der Waals surface area contributed by atoms with Gasteiger partial charge in [0.1, 0.15) is 5.82 Å². The SMILES string of the molecule is CCNc1ccc(N2CCN(C(=O)c3ccc(C)cc3)CC2)nn1. The minimum atomic E-state index is 0.100. The lowest BCUT2D eigenvalue weighted by atomic mass is 10.1. The van der Waals surface area contributed by atoms with Gasteiger partial charge in [-0.2, -0.15) is 0 Å². The highest BCUT2D eigenvalue weighted by atomic mass is 16.2. The van der Waals surface area contributed by atoms with Crippen molar-refractivity contribution in [3.63, 3.8) is 0 Å². The largest absolute Gasteiger partial charge is 0.369 e. The lowest BCUT2D eigenvalue weighted by Crippen LogP contribution is -2.49. The highest BCUT2D eigenvalue weighted by molar-refractivity contribution is 5.94. The molecule has 1 aliphatic rings. The zero-order chi connectivity index (χ0) is 16.9. The van der Waals surface area contributed by atoms with Gasteiger partial charge in [0.2, 0.25) is 0 Å². The molecule has 126 valence electrons. The summed E-state index contributed by atoms with van der Waals surface area (Å²) in [5.41, 5.74) is 1.92. The van der Waals surface area contributed by atoms with Crippen LogP contribution >= 0.6 is 0 Å². The third-order valence-electron chi connectivity index (χ3n) is 4.20. The van der Waals surface area contributed by atoms with Crippen LogP contribution in [0.1, 0.15) is 22.8 Å². The maximum Gasteiger partial charge on any atom is 0.253 e. The standard InChI is InChI=1S/C18H23N5O/c1-3-19-16-8-9-17(21-20-16)22-10-12-23(13-11-22)18(24)15-6-4-14(2)5-7-15/h4-9H,3,10-13H2,1-2H3,(H,19,20). The summed E-state index contributed by atoms with van der Waals surface area (Å²) >= 11 is 0. The van der Waals surface area contributed by atoms with Crippen LogP contribution in [0.15, 0.2) is 36.4 Å². The Hall–Kier alpha value is -2.63. The van der Waals surface area contributed by atoms with Gasteiger partial charge in [-0.05, 0) is 38.1 Å². The number of amides is 1. The molecule has 0 bridgehead atoms.